The largest absolute Gasteiger partial charge is 0.377 e. The molecule has 1 saturated carbocycles. The van der Waals surface area contributed by atoms with Crippen molar-refractivity contribution in [2.45, 2.75) is 38.0 Å². The summed E-state index contributed by atoms with van der Waals surface area (Å²) in [4.78, 5) is 9.07. The molecule has 140 valence electrons. The average Bonchev–Trinajstić information content (AvgIpc) is 2.90. The highest BCUT2D eigenvalue weighted by atomic mass is 35.5. The summed E-state index contributed by atoms with van der Waals surface area (Å²) in [5.41, 5.74) is 6.92. The van der Waals surface area contributed by atoms with Crippen LogP contribution < -0.4 is 11.1 Å². The van der Waals surface area contributed by atoms with Crippen LogP contribution in [0.25, 0.3) is 0 Å². The summed E-state index contributed by atoms with van der Waals surface area (Å²) in [6.45, 7) is 1.81. The summed E-state index contributed by atoms with van der Waals surface area (Å²) in [6, 6.07) is 2.30. The van der Waals surface area contributed by atoms with E-state index in [1.54, 1.807) is 24.2 Å². The van der Waals surface area contributed by atoms with Gasteiger partial charge in [0.25, 0.3) is 0 Å². The van der Waals surface area contributed by atoms with Gasteiger partial charge in [0.2, 0.25) is 0 Å². The van der Waals surface area contributed by atoms with Gasteiger partial charge in [0.15, 0.2) is 5.82 Å². The van der Waals surface area contributed by atoms with Gasteiger partial charge in [-0.1, -0.05) is 11.6 Å². The summed E-state index contributed by atoms with van der Waals surface area (Å²) in [6.07, 6.45) is 5.38. The molecule has 0 aliphatic heterocycles. The number of nitrogens with two attached hydrogens (primary N) is 1. The molecule has 1 aliphatic rings. The van der Waals surface area contributed by atoms with Crippen molar-refractivity contribution in [3.63, 3.8) is 0 Å². The van der Waals surface area contributed by atoms with Crippen molar-refractivity contribution in [1.29, 1.82) is 0 Å². The number of rotatable bonds is 7. The van der Waals surface area contributed by atoms with Gasteiger partial charge in [-0.2, -0.15) is 5.10 Å². The molecule has 10 heteroatoms. The fourth-order valence-electron chi connectivity index (χ4n) is 2.67. The molecule has 0 spiro atoms. The van der Waals surface area contributed by atoms with E-state index in [1.807, 2.05) is 6.07 Å². The second-order valence-electron chi connectivity index (χ2n) is 5.80. The molecule has 1 fully saturated rings. The molecule has 2 aromatic rings. The monoisotopic (exact) mass is 408 g/mol. The second kappa shape index (κ2) is 10.1. The molecule has 1 aliphatic carbocycles. The van der Waals surface area contributed by atoms with Crippen molar-refractivity contribution in [3.05, 3.63) is 35.0 Å². The van der Waals surface area contributed by atoms with E-state index in [1.165, 1.54) is 0 Å². The number of ether oxygens (including phenoxy) is 1. The Morgan fingerprint density at radius 3 is 2.72 bits per heavy atom. The van der Waals surface area contributed by atoms with E-state index >= 15 is 0 Å². The minimum atomic E-state index is 0. The zero-order chi connectivity index (χ0) is 16.2. The van der Waals surface area contributed by atoms with E-state index in [4.69, 9.17) is 22.1 Å². The quantitative estimate of drug-likeness (QED) is 0.730. The number of hydrogen-bond acceptors (Lipinski definition) is 6. The van der Waals surface area contributed by atoms with Gasteiger partial charge >= 0.3 is 0 Å². The maximum atomic E-state index is 5.88. The van der Waals surface area contributed by atoms with E-state index in [0.717, 1.165) is 24.4 Å². The van der Waals surface area contributed by atoms with Crippen molar-refractivity contribution in [2.75, 3.05) is 19.0 Å². The average molecular weight is 410 g/mol. The maximum absolute atomic E-state index is 5.88. The smallest absolute Gasteiger partial charge is 0.156 e. The fourth-order valence-corrected chi connectivity index (χ4v) is 2.83. The molecule has 2 heterocycles. The van der Waals surface area contributed by atoms with Crippen molar-refractivity contribution in [3.8, 4) is 0 Å². The SMILES string of the molecule is COCc1nc(NCCn2cc(Cl)cn2)cc(C2CC(N)C2)n1.Cl.Cl. The van der Waals surface area contributed by atoms with E-state index < -0.39 is 0 Å². The van der Waals surface area contributed by atoms with Gasteiger partial charge in [0.05, 0.1) is 17.8 Å². The third-order valence-electron chi connectivity index (χ3n) is 3.91. The topological polar surface area (TPSA) is 90.9 Å². The van der Waals surface area contributed by atoms with E-state index in [9.17, 15) is 0 Å². The molecule has 2 aromatic heterocycles. The summed E-state index contributed by atoms with van der Waals surface area (Å²) in [5.74, 6) is 1.92. The molecule has 3 rings (SSSR count). The molecule has 0 aromatic carbocycles. The third-order valence-corrected chi connectivity index (χ3v) is 4.10. The lowest BCUT2D eigenvalue weighted by molar-refractivity contribution is 0.177. The zero-order valence-electron chi connectivity index (χ0n) is 13.9. The van der Waals surface area contributed by atoms with Gasteiger partial charge in [-0.3, -0.25) is 4.68 Å². The van der Waals surface area contributed by atoms with E-state index in [-0.39, 0.29) is 24.8 Å². The third kappa shape index (κ3) is 5.97. The first kappa shape index (κ1) is 21.9. The summed E-state index contributed by atoms with van der Waals surface area (Å²) < 4.78 is 6.95. The van der Waals surface area contributed by atoms with Gasteiger partial charge in [-0.15, -0.1) is 24.8 Å². The Morgan fingerprint density at radius 2 is 2.12 bits per heavy atom. The zero-order valence-corrected chi connectivity index (χ0v) is 16.3. The number of methoxy groups -OCH3 is 1. The molecular weight excluding hydrogens is 387 g/mol. The van der Waals surface area contributed by atoms with Crippen LogP contribution >= 0.6 is 36.4 Å². The lowest BCUT2D eigenvalue weighted by Gasteiger charge is -2.32. The first-order valence-electron chi connectivity index (χ1n) is 7.68. The summed E-state index contributed by atoms with van der Waals surface area (Å²) >= 11 is 5.85. The number of halogens is 3. The van der Waals surface area contributed by atoms with Crippen LogP contribution in [0.4, 0.5) is 5.82 Å². The van der Waals surface area contributed by atoms with Crippen molar-refractivity contribution >= 4 is 42.2 Å². The highest BCUT2D eigenvalue weighted by Crippen LogP contribution is 2.35. The minimum absolute atomic E-state index is 0. The van der Waals surface area contributed by atoms with E-state index in [0.29, 0.717) is 42.5 Å². The second-order valence-corrected chi connectivity index (χ2v) is 6.24. The molecule has 0 saturated heterocycles. The van der Waals surface area contributed by atoms with Crippen LogP contribution in [-0.2, 0) is 17.9 Å². The van der Waals surface area contributed by atoms with Crippen LogP contribution in [-0.4, -0.2) is 39.4 Å². The van der Waals surface area contributed by atoms with Gasteiger partial charge in [-0.25, -0.2) is 9.97 Å². The number of nitrogens with one attached hydrogen (secondary N) is 1. The first-order chi connectivity index (χ1) is 11.1. The Morgan fingerprint density at radius 1 is 1.36 bits per heavy atom. The normalized spacial score (nSPS) is 18.7. The Kier molecular flexibility index (Phi) is 8.88. The standard InChI is InChI=1S/C15H21ClN6O.2ClH/c1-23-9-15-20-13(10-4-12(17)5-10)6-14(21-15)18-2-3-22-8-11(16)7-19-22;;/h6-8,10,12H,2-5,9,17H2,1H3,(H,18,20,21);2*1H. The van der Waals surface area contributed by atoms with Gasteiger partial charge in [-0.05, 0) is 12.8 Å². The summed E-state index contributed by atoms with van der Waals surface area (Å²) in [5, 5.41) is 8.10. The molecule has 0 bridgehead atoms. The Hall–Kier alpha value is -1.12. The van der Waals surface area contributed by atoms with Gasteiger partial charge in [0.1, 0.15) is 12.4 Å². The van der Waals surface area contributed by atoms with Crippen LogP contribution in [0, 0.1) is 0 Å². The molecule has 25 heavy (non-hydrogen) atoms. The predicted molar refractivity (Wildman–Crippen MR) is 103 cm³/mol. The predicted octanol–water partition coefficient (Wildman–Crippen LogP) is 2.63. The van der Waals surface area contributed by atoms with E-state index in [2.05, 4.69) is 20.4 Å². The van der Waals surface area contributed by atoms with Crippen molar-refractivity contribution in [1.82, 2.24) is 19.7 Å². The lowest BCUT2D eigenvalue weighted by atomic mass is 9.78. The molecule has 3 N–H and O–H groups in total. The highest BCUT2D eigenvalue weighted by molar-refractivity contribution is 6.30. The van der Waals surface area contributed by atoms with Crippen molar-refractivity contribution in [2.24, 2.45) is 5.73 Å². The molecule has 0 unspecified atom stereocenters. The maximum Gasteiger partial charge on any atom is 0.156 e. The minimum Gasteiger partial charge on any atom is -0.377 e. The van der Waals surface area contributed by atoms with Gasteiger partial charge < -0.3 is 15.8 Å². The van der Waals surface area contributed by atoms with Gasteiger partial charge in [0, 0.05) is 43.6 Å². The van der Waals surface area contributed by atoms with Crippen LogP contribution in [0.5, 0.6) is 0 Å². The molecule has 7 nitrogen and oxygen atoms in total. The molecule has 0 radical (unpaired) electrons. The Labute approximate surface area is 164 Å². The molecular formula is C15H23Cl3N6O. The molecule has 0 amide bonds. The number of aromatic nitrogens is 4. The number of anilines is 1. The first-order valence-corrected chi connectivity index (χ1v) is 8.06. The summed E-state index contributed by atoms with van der Waals surface area (Å²) in [7, 11) is 1.64. The van der Waals surface area contributed by atoms with Crippen LogP contribution in [0.1, 0.15) is 30.3 Å². The highest BCUT2D eigenvalue weighted by Gasteiger charge is 2.29. The van der Waals surface area contributed by atoms with Crippen LogP contribution in [0.2, 0.25) is 5.02 Å². The number of hydrogen-bond donors (Lipinski definition) is 2. The molecule has 0 atom stereocenters. The van der Waals surface area contributed by atoms with Crippen LogP contribution in [0.3, 0.4) is 0 Å². The number of nitrogens with zero attached hydrogens (tertiary/aromatic N) is 4. The lowest BCUT2D eigenvalue weighted by Crippen LogP contribution is -2.35. The fraction of sp³-hybridized carbons (Fsp3) is 0.533. The van der Waals surface area contributed by atoms with Crippen molar-refractivity contribution < 1.29 is 4.74 Å². The Bertz CT molecular complexity index is 662. The van der Waals surface area contributed by atoms with Crippen LogP contribution in [0.15, 0.2) is 18.5 Å². The Balaban J connectivity index is 0.00000156.